The average Bonchev–Trinajstić information content (AvgIpc) is 2.82. The minimum absolute atomic E-state index is 0.0343. The molecule has 8 nitrogen and oxygen atoms in total. The minimum atomic E-state index is -0.597. The molecule has 1 aromatic rings. The summed E-state index contributed by atoms with van der Waals surface area (Å²) in [5.41, 5.74) is 0.0564. The van der Waals surface area contributed by atoms with E-state index in [1.54, 1.807) is 0 Å². The number of hydrogen-bond donors (Lipinski definition) is 0. The van der Waals surface area contributed by atoms with Gasteiger partial charge in [-0.3, -0.25) is 0 Å². The molecule has 1 aromatic carbocycles. The number of ether oxygens (including phenoxy) is 5. The van der Waals surface area contributed by atoms with Gasteiger partial charge in [-0.25, -0.2) is 14.4 Å². The van der Waals surface area contributed by atoms with E-state index in [1.165, 1.54) is 18.2 Å². The summed E-state index contributed by atoms with van der Waals surface area (Å²) in [6.45, 7) is 9.10. The van der Waals surface area contributed by atoms with Crippen molar-refractivity contribution in [3.8, 4) is 0 Å². The maximum Gasteiger partial charge on any atom is 0.338 e. The average molecular weight is 503 g/mol. The molecule has 0 N–H and O–H groups in total. The summed E-state index contributed by atoms with van der Waals surface area (Å²) in [6, 6.07) is 4.29. The zero-order valence-corrected chi connectivity index (χ0v) is 21.7. The number of carbonyl (C=O) groups excluding carboxylic acids is 3. The van der Waals surface area contributed by atoms with Crippen LogP contribution in [0.2, 0.25) is 0 Å². The normalized spacial score (nSPS) is 20.8. The lowest BCUT2D eigenvalue weighted by Gasteiger charge is -2.40. The summed E-state index contributed by atoms with van der Waals surface area (Å²) < 4.78 is 27.4. The van der Waals surface area contributed by atoms with E-state index < -0.39 is 17.9 Å². The molecule has 3 fully saturated rings. The first-order valence-corrected chi connectivity index (χ1v) is 13.1. The van der Waals surface area contributed by atoms with Gasteiger partial charge in [-0.05, 0) is 50.3 Å². The van der Waals surface area contributed by atoms with Gasteiger partial charge in [-0.1, -0.05) is 27.2 Å². The van der Waals surface area contributed by atoms with Crippen LogP contribution in [0, 0.1) is 16.2 Å². The monoisotopic (exact) mass is 502 g/mol. The molecule has 0 atom stereocenters. The fourth-order valence-electron chi connectivity index (χ4n) is 4.72. The van der Waals surface area contributed by atoms with Gasteiger partial charge in [0.1, 0.15) is 13.2 Å². The minimum Gasteiger partial charge on any atom is -0.462 e. The van der Waals surface area contributed by atoms with Gasteiger partial charge in [-0.15, -0.1) is 0 Å². The van der Waals surface area contributed by atoms with Crippen molar-refractivity contribution in [3.05, 3.63) is 34.9 Å². The molecule has 1 saturated carbocycles. The van der Waals surface area contributed by atoms with E-state index in [0.717, 1.165) is 38.5 Å². The zero-order chi connectivity index (χ0) is 25.8. The van der Waals surface area contributed by atoms with E-state index in [9.17, 15) is 14.4 Å². The summed E-state index contributed by atoms with van der Waals surface area (Å²) in [4.78, 5) is 38.9. The van der Waals surface area contributed by atoms with E-state index >= 15 is 0 Å². The molecule has 8 heteroatoms. The Morgan fingerprint density at radius 3 is 1.19 bits per heavy atom. The van der Waals surface area contributed by atoms with Crippen LogP contribution >= 0.6 is 0 Å². The molecule has 198 valence electrons. The first-order chi connectivity index (χ1) is 17.3. The second kappa shape index (κ2) is 10.9. The van der Waals surface area contributed by atoms with Gasteiger partial charge in [0.05, 0.1) is 60.6 Å². The number of benzene rings is 1. The Kier molecular flexibility index (Phi) is 8.05. The number of carbonyl (C=O) groups is 3. The maximum absolute atomic E-state index is 13.0. The van der Waals surface area contributed by atoms with E-state index in [0.29, 0.717) is 33.0 Å². The van der Waals surface area contributed by atoms with E-state index in [2.05, 4.69) is 6.92 Å². The highest BCUT2D eigenvalue weighted by Gasteiger charge is 2.40. The van der Waals surface area contributed by atoms with Crippen molar-refractivity contribution < 1.29 is 38.1 Å². The molecule has 1 aliphatic carbocycles. The summed E-state index contributed by atoms with van der Waals surface area (Å²) in [7, 11) is 0. The number of hydrogen-bond acceptors (Lipinski definition) is 8. The summed E-state index contributed by atoms with van der Waals surface area (Å²) in [6.07, 6.45) is 5.80. The Morgan fingerprint density at radius 2 is 0.972 bits per heavy atom. The predicted molar refractivity (Wildman–Crippen MR) is 131 cm³/mol. The van der Waals surface area contributed by atoms with Gasteiger partial charge in [0.2, 0.25) is 0 Å². The molecule has 2 saturated heterocycles. The quantitative estimate of drug-likeness (QED) is 0.302. The zero-order valence-electron chi connectivity index (χ0n) is 21.7. The third-order valence-corrected chi connectivity index (χ3v) is 8.47. The standard InChI is InChI=1S/C28H38O8/c1-4-26(8-7-9-26)17-34-23(29)20-10-21(24(30)35-18-27(5-2)13-32-14-27)12-22(11-20)25(31)36-19-28(6-3)15-33-16-28/h10-12H,4-9,13-19H2,1-3H3. The van der Waals surface area contributed by atoms with Crippen LogP contribution in [0.15, 0.2) is 18.2 Å². The Hall–Kier alpha value is -2.45. The molecule has 0 amide bonds. The fourth-order valence-corrected chi connectivity index (χ4v) is 4.72. The first kappa shape index (κ1) is 26.6. The Bertz CT molecular complexity index is 819. The van der Waals surface area contributed by atoms with E-state index in [1.807, 2.05) is 13.8 Å². The number of esters is 3. The van der Waals surface area contributed by atoms with Crippen molar-refractivity contribution in [2.45, 2.75) is 59.3 Å². The molecular formula is C28H38O8. The van der Waals surface area contributed by atoms with Crippen molar-refractivity contribution in [1.29, 1.82) is 0 Å². The van der Waals surface area contributed by atoms with Gasteiger partial charge in [-0.2, -0.15) is 0 Å². The van der Waals surface area contributed by atoms with Crippen molar-refractivity contribution >= 4 is 17.9 Å². The molecule has 2 aliphatic heterocycles. The Balaban J connectivity index is 1.50. The van der Waals surface area contributed by atoms with Crippen LogP contribution in [0.3, 0.4) is 0 Å². The molecule has 0 bridgehead atoms. The van der Waals surface area contributed by atoms with Crippen LogP contribution in [0.25, 0.3) is 0 Å². The second-order valence-corrected chi connectivity index (χ2v) is 10.9. The molecule has 0 aromatic heterocycles. The van der Waals surface area contributed by atoms with Crippen LogP contribution in [-0.2, 0) is 23.7 Å². The molecular weight excluding hydrogens is 464 g/mol. The van der Waals surface area contributed by atoms with Gasteiger partial charge >= 0.3 is 17.9 Å². The highest BCUT2D eigenvalue weighted by atomic mass is 16.6. The topological polar surface area (TPSA) is 97.4 Å². The van der Waals surface area contributed by atoms with Gasteiger partial charge in [0.15, 0.2) is 0 Å². The molecule has 2 heterocycles. The second-order valence-electron chi connectivity index (χ2n) is 10.9. The van der Waals surface area contributed by atoms with Crippen LogP contribution < -0.4 is 0 Å². The Morgan fingerprint density at radius 1 is 0.639 bits per heavy atom. The smallest absolute Gasteiger partial charge is 0.338 e. The largest absolute Gasteiger partial charge is 0.462 e. The maximum atomic E-state index is 13.0. The highest BCUT2D eigenvalue weighted by Crippen LogP contribution is 2.44. The first-order valence-electron chi connectivity index (χ1n) is 13.1. The van der Waals surface area contributed by atoms with Crippen molar-refractivity contribution in [3.63, 3.8) is 0 Å². The third kappa shape index (κ3) is 5.59. The lowest BCUT2D eigenvalue weighted by atomic mass is 9.68. The summed E-state index contributed by atoms with van der Waals surface area (Å²) in [5, 5.41) is 0. The summed E-state index contributed by atoms with van der Waals surface area (Å²) in [5.74, 6) is -1.76. The fraction of sp³-hybridized carbons (Fsp3) is 0.679. The van der Waals surface area contributed by atoms with Gasteiger partial charge < -0.3 is 23.7 Å². The van der Waals surface area contributed by atoms with E-state index in [4.69, 9.17) is 23.7 Å². The van der Waals surface area contributed by atoms with Crippen LogP contribution in [-0.4, -0.2) is 64.2 Å². The third-order valence-electron chi connectivity index (χ3n) is 8.47. The van der Waals surface area contributed by atoms with E-state index in [-0.39, 0.29) is 46.1 Å². The summed E-state index contributed by atoms with van der Waals surface area (Å²) >= 11 is 0. The van der Waals surface area contributed by atoms with Gasteiger partial charge in [0, 0.05) is 5.41 Å². The SMILES string of the molecule is CCC1(COC(=O)c2cc(C(=O)OCC3(CC)COC3)cc(C(=O)OCC3(CC)COC3)c2)CCC1. The molecule has 0 spiro atoms. The predicted octanol–water partition coefficient (Wildman–Crippen LogP) is 4.59. The van der Waals surface area contributed by atoms with Crippen LogP contribution in [0.1, 0.15) is 90.4 Å². The lowest BCUT2D eigenvalue weighted by molar-refractivity contribution is -0.140. The Labute approximate surface area is 212 Å². The molecule has 4 rings (SSSR count). The molecule has 0 radical (unpaired) electrons. The van der Waals surface area contributed by atoms with Crippen LogP contribution in [0.4, 0.5) is 0 Å². The van der Waals surface area contributed by atoms with Crippen molar-refractivity contribution in [2.75, 3.05) is 46.2 Å². The van der Waals surface area contributed by atoms with Crippen molar-refractivity contribution in [2.24, 2.45) is 16.2 Å². The lowest BCUT2D eigenvalue weighted by Crippen LogP contribution is -2.46. The molecule has 0 unspecified atom stereocenters. The number of rotatable bonds is 12. The molecule has 36 heavy (non-hydrogen) atoms. The highest BCUT2D eigenvalue weighted by molar-refractivity contribution is 6.00. The molecule has 3 aliphatic rings. The van der Waals surface area contributed by atoms with Crippen molar-refractivity contribution in [1.82, 2.24) is 0 Å². The van der Waals surface area contributed by atoms with Crippen LogP contribution in [0.5, 0.6) is 0 Å². The van der Waals surface area contributed by atoms with Gasteiger partial charge in [0.25, 0.3) is 0 Å².